The largest absolute Gasteiger partial charge is 0.480 e. The number of cyclic esters (lactones) is 2. The summed E-state index contributed by atoms with van der Waals surface area (Å²) in [6, 6.07) is 0. The smallest absolute Gasteiger partial charge is 0.339 e. The molecule has 2 amide bonds. The molecule has 4 saturated heterocycles. The van der Waals surface area contributed by atoms with E-state index in [0.717, 1.165) is 4.90 Å². The molecule has 0 aromatic heterocycles. The number of fused-ring (bicyclic) bond motifs is 5. The lowest BCUT2D eigenvalue weighted by Gasteiger charge is -2.29. The third-order valence-corrected chi connectivity index (χ3v) is 5.38. The Hall–Kier alpha value is -2.90. The molecule has 0 saturated carbocycles. The second kappa shape index (κ2) is 9.08. The van der Waals surface area contributed by atoms with Gasteiger partial charge in [-0.15, -0.1) is 0 Å². The van der Waals surface area contributed by atoms with Crippen LogP contribution in [0, 0.1) is 17.8 Å². The first-order valence-electron chi connectivity index (χ1n) is 9.39. The number of ether oxygens (including phenoxy) is 5. The molecule has 4 fully saturated rings. The van der Waals surface area contributed by atoms with Crippen LogP contribution in [0.2, 0.25) is 0 Å². The minimum absolute atomic E-state index is 0.105. The Bertz CT molecular complexity index is 795. The third kappa shape index (κ3) is 4.57. The number of amides is 2. The summed E-state index contributed by atoms with van der Waals surface area (Å²) in [5.41, 5.74) is 0. The van der Waals surface area contributed by atoms with Crippen molar-refractivity contribution >= 4 is 35.7 Å². The minimum atomic E-state index is -1.18. The monoisotopic (exact) mass is 443 g/mol. The molecule has 13 nitrogen and oxygen atoms in total. The highest BCUT2D eigenvalue weighted by atomic mass is 16.6. The number of carboxylic acids is 1. The summed E-state index contributed by atoms with van der Waals surface area (Å²) in [5, 5.41) is 8.45. The molecule has 0 spiro atoms. The maximum atomic E-state index is 12.2. The maximum absolute atomic E-state index is 12.2. The Kier molecular flexibility index (Phi) is 6.67. The van der Waals surface area contributed by atoms with Crippen molar-refractivity contribution in [3.63, 3.8) is 0 Å². The summed E-state index contributed by atoms with van der Waals surface area (Å²) >= 11 is 0. The number of imide groups is 1. The second-order valence-corrected chi connectivity index (χ2v) is 7.39. The number of carbonyl (C=O) groups excluding carboxylic acids is 5. The number of likely N-dealkylation sites (tertiary alicyclic amines) is 1. The summed E-state index contributed by atoms with van der Waals surface area (Å²) in [6.07, 6.45) is -1.75. The van der Waals surface area contributed by atoms with E-state index >= 15 is 0 Å². The number of hydrogen-bond donors (Lipinski definition) is 1. The predicted octanol–water partition coefficient (Wildman–Crippen LogP) is -2.27. The average molecular weight is 443 g/mol. The van der Waals surface area contributed by atoms with E-state index in [2.05, 4.69) is 14.2 Å². The van der Waals surface area contributed by atoms with Gasteiger partial charge in [0.05, 0.1) is 17.9 Å². The van der Waals surface area contributed by atoms with Gasteiger partial charge >= 0.3 is 23.9 Å². The molecule has 4 heterocycles. The van der Waals surface area contributed by atoms with Crippen molar-refractivity contribution < 1.29 is 57.6 Å². The molecule has 4 aliphatic heterocycles. The van der Waals surface area contributed by atoms with Gasteiger partial charge in [-0.3, -0.25) is 14.5 Å². The lowest BCUT2D eigenvalue weighted by Crippen LogP contribution is -2.46. The van der Waals surface area contributed by atoms with Crippen molar-refractivity contribution in [1.29, 1.82) is 0 Å². The lowest BCUT2D eigenvalue weighted by atomic mass is 9.74. The summed E-state index contributed by atoms with van der Waals surface area (Å²) < 4.78 is 24.3. The fourth-order valence-electron chi connectivity index (χ4n) is 4.11. The van der Waals surface area contributed by atoms with Crippen LogP contribution in [0.3, 0.4) is 0 Å². The van der Waals surface area contributed by atoms with E-state index in [-0.39, 0.29) is 30.9 Å². The molecular formula is C18H21NO12. The first-order chi connectivity index (χ1) is 14.6. The van der Waals surface area contributed by atoms with Crippen LogP contribution in [0.4, 0.5) is 0 Å². The normalized spacial score (nSPS) is 33.5. The molecule has 170 valence electrons. The molecule has 6 atom stereocenters. The third-order valence-electron chi connectivity index (χ3n) is 5.38. The molecule has 4 aliphatic rings. The van der Waals surface area contributed by atoms with Gasteiger partial charge in [0.1, 0.15) is 38.6 Å². The first-order valence-corrected chi connectivity index (χ1v) is 9.39. The van der Waals surface area contributed by atoms with Gasteiger partial charge in [0.2, 0.25) is 11.8 Å². The van der Waals surface area contributed by atoms with Crippen LogP contribution in [0.15, 0.2) is 0 Å². The van der Waals surface area contributed by atoms with Gasteiger partial charge in [-0.1, -0.05) is 6.92 Å². The van der Waals surface area contributed by atoms with E-state index in [4.69, 9.17) is 14.6 Å². The molecule has 31 heavy (non-hydrogen) atoms. The van der Waals surface area contributed by atoms with E-state index < -0.39 is 67.2 Å². The van der Waals surface area contributed by atoms with Crippen molar-refractivity contribution in [3.8, 4) is 0 Å². The van der Waals surface area contributed by atoms with E-state index in [1.54, 1.807) is 6.92 Å². The Labute approximate surface area is 175 Å². The summed E-state index contributed by atoms with van der Waals surface area (Å²) in [4.78, 5) is 67.7. The highest BCUT2D eigenvalue weighted by Crippen LogP contribution is 2.51. The summed E-state index contributed by atoms with van der Waals surface area (Å²) in [5.74, 6) is -5.06. The number of carboxylic acid groups (broad SMARTS) is 1. The van der Waals surface area contributed by atoms with Gasteiger partial charge in [-0.05, 0) is 0 Å². The van der Waals surface area contributed by atoms with Gasteiger partial charge in [0.25, 0.3) is 0 Å². The zero-order chi connectivity index (χ0) is 22.9. The van der Waals surface area contributed by atoms with Gasteiger partial charge < -0.3 is 28.8 Å². The van der Waals surface area contributed by atoms with Crippen LogP contribution in [0.5, 0.6) is 0 Å². The van der Waals surface area contributed by atoms with Crippen LogP contribution in [0.25, 0.3) is 0 Å². The number of carbonyl (C=O) groups is 6. The second-order valence-electron chi connectivity index (χ2n) is 7.39. The van der Waals surface area contributed by atoms with Gasteiger partial charge in [-0.25, -0.2) is 19.2 Å². The van der Waals surface area contributed by atoms with Gasteiger partial charge in [0, 0.05) is 13.0 Å². The van der Waals surface area contributed by atoms with Gasteiger partial charge in [-0.2, -0.15) is 0 Å². The van der Waals surface area contributed by atoms with Gasteiger partial charge in [0.15, 0.2) is 0 Å². The SMILES string of the molecule is C[C@H]1C(OC(=O)COCC(=O)O)C2O[C@H]1C1C(=O)N(C)C(=O)C21.O=C1COCC(=O)O1. The topological polar surface area (TPSA) is 172 Å². The van der Waals surface area contributed by atoms with E-state index in [9.17, 15) is 28.8 Å². The fraction of sp³-hybridized carbons (Fsp3) is 0.667. The molecule has 0 aromatic rings. The molecule has 4 unspecified atom stereocenters. The average Bonchev–Trinajstić information content (AvgIpc) is 3.29. The molecule has 4 rings (SSSR count). The highest BCUT2D eigenvalue weighted by molar-refractivity contribution is 6.06. The Balaban J connectivity index is 0.000000287. The quantitative estimate of drug-likeness (QED) is 0.275. The van der Waals surface area contributed by atoms with Crippen LogP contribution >= 0.6 is 0 Å². The number of hydrogen-bond acceptors (Lipinski definition) is 11. The molecule has 13 heteroatoms. The van der Waals surface area contributed by atoms with Crippen molar-refractivity contribution in [2.75, 3.05) is 33.5 Å². The van der Waals surface area contributed by atoms with E-state index in [1.807, 2.05) is 0 Å². The van der Waals surface area contributed by atoms with Crippen molar-refractivity contribution in [3.05, 3.63) is 0 Å². The lowest BCUT2D eigenvalue weighted by molar-refractivity contribution is -0.174. The zero-order valence-electron chi connectivity index (χ0n) is 16.7. The standard InChI is InChI=1S/C14H17NO8.C4H4O4/c1-5-10-8-9(14(20)15(2)13(8)19)12(23-10)11(5)22-7(18)4-21-3-6(16)17;5-3-1-7-2-4(6)8-3/h5,8-12H,3-4H2,1-2H3,(H,16,17);1-2H2/t5-,8?,9?,10-,11?,12?;/m1./s1. The number of esters is 3. The zero-order valence-corrected chi connectivity index (χ0v) is 16.7. The van der Waals surface area contributed by atoms with Crippen molar-refractivity contribution in [1.82, 2.24) is 4.90 Å². The van der Waals surface area contributed by atoms with Crippen molar-refractivity contribution in [2.45, 2.75) is 25.2 Å². The molecule has 0 radical (unpaired) electrons. The summed E-state index contributed by atoms with van der Waals surface area (Å²) in [7, 11) is 1.44. The van der Waals surface area contributed by atoms with E-state index in [1.165, 1.54) is 7.05 Å². The van der Waals surface area contributed by atoms with Crippen LogP contribution in [0.1, 0.15) is 6.92 Å². The fourth-order valence-corrected chi connectivity index (χ4v) is 4.11. The van der Waals surface area contributed by atoms with Crippen LogP contribution < -0.4 is 0 Å². The molecular weight excluding hydrogens is 422 g/mol. The minimum Gasteiger partial charge on any atom is -0.480 e. The highest BCUT2D eigenvalue weighted by Gasteiger charge is 2.68. The van der Waals surface area contributed by atoms with Crippen LogP contribution in [-0.4, -0.2) is 97.5 Å². The van der Waals surface area contributed by atoms with Crippen LogP contribution in [-0.2, 0) is 52.5 Å². The molecule has 1 N–H and O–H groups in total. The molecule has 2 bridgehead atoms. The summed E-state index contributed by atoms with van der Waals surface area (Å²) in [6.45, 7) is 0.499. The number of nitrogens with zero attached hydrogens (tertiary/aromatic N) is 1. The van der Waals surface area contributed by atoms with Crippen molar-refractivity contribution in [2.24, 2.45) is 17.8 Å². The Morgan fingerprint density at radius 3 is 2.13 bits per heavy atom. The first kappa shape index (κ1) is 22.8. The number of rotatable bonds is 5. The maximum Gasteiger partial charge on any atom is 0.339 e. The van der Waals surface area contributed by atoms with E-state index in [0.29, 0.717) is 0 Å². The molecule has 0 aliphatic carbocycles. The predicted molar refractivity (Wildman–Crippen MR) is 92.8 cm³/mol. The molecule has 0 aromatic carbocycles. The Morgan fingerprint density at radius 2 is 1.61 bits per heavy atom. The number of aliphatic carboxylic acids is 1. The Morgan fingerprint density at radius 1 is 1.03 bits per heavy atom.